The number of benzene rings is 1. The van der Waals surface area contributed by atoms with Crippen LogP contribution in [0.4, 0.5) is 18.9 Å². The first-order valence-corrected chi connectivity index (χ1v) is 4.97. The second-order valence-corrected chi connectivity index (χ2v) is 3.77. The predicted molar refractivity (Wildman–Crippen MR) is 53.0 cm³/mol. The van der Waals surface area contributed by atoms with Gasteiger partial charge in [0.2, 0.25) is 5.91 Å². The van der Waals surface area contributed by atoms with E-state index in [2.05, 4.69) is 5.32 Å². The van der Waals surface area contributed by atoms with Crippen LogP contribution < -0.4 is 5.32 Å². The van der Waals surface area contributed by atoms with Crippen LogP contribution in [-0.4, -0.2) is 5.91 Å². The molecule has 86 valence electrons. The van der Waals surface area contributed by atoms with Crippen LogP contribution in [0.3, 0.4) is 0 Å². The first-order valence-electron chi connectivity index (χ1n) is 4.97. The minimum atomic E-state index is -4.33. The van der Waals surface area contributed by atoms with Crippen LogP contribution in [0.25, 0.3) is 0 Å². The lowest BCUT2D eigenvalue weighted by atomic mass is 10.0. The molecule has 0 bridgehead atoms. The Balaban J connectivity index is 2.39. The fraction of sp³-hybridized carbons (Fsp3) is 0.364. The van der Waals surface area contributed by atoms with E-state index in [1.54, 1.807) is 0 Å². The minimum absolute atomic E-state index is 0.140. The largest absolute Gasteiger partial charge is 0.416 e. The molecule has 0 aliphatic carbocycles. The Morgan fingerprint density at radius 3 is 2.62 bits per heavy atom. The zero-order chi connectivity index (χ0) is 11.8. The molecule has 0 aromatic heterocycles. The summed E-state index contributed by atoms with van der Waals surface area (Å²) in [7, 11) is 0. The number of alkyl halides is 3. The summed E-state index contributed by atoms with van der Waals surface area (Å²) in [6, 6.07) is 3.42. The van der Waals surface area contributed by atoms with Crippen LogP contribution in [0.2, 0.25) is 0 Å². The first-order chi connectivity index (χ1) is 7.47. The molecule has 1 aliphatic heterocycles. The SMILES string of the molecule is O=C1CCCc2cc(C(F)(F)F)ccc2N1. The molecule has 1 amide bonds. The van der Waals surface area contributed by atoms with Gasteiger partial charge >= 0.3 is 6.18 Å². The van der Waals surface area contributed by atoms with Gasteiger partial charge in [-0.25, -0.2) is 0 Å². The Kier molecular flexibility index (Phi) is 2.61. The number of anilines is 1. The number of amides is 1. The summed E-state index contributed by atoms with van der Waals surface area (Å²) < 4.78 is 37.3. The third kappa shape index (κ3) is 2.18. The van der Waals surface area contributed by atoms with E-state index in [1.165, 1.54) is 6.07 Å². The quantitative estimate of drug-likeness (QED) is 0.728. The lowest BCUT2D eigenvalue weighted by molar-refractivity contribution is -0.137. The monoisotopic (exact) mass is 229 g/mol. The Morgan fingerprint density at radius 2 is 1.94 bits per heavy atom. The summed E-state index contributed by atoms with van der Waals surface area (Å²) in [6.07, 6.45) is -2.89. The molecule has 1 heterocycles. The van der Waals surface area contributed by atoms with Crippen LogP contribution >= 0.6 is 0 Å². The zero-order valence-electron chi connectivity index (χ0n) is 8.40. The van der Waals surface area contributed by atoms with Gasteiger partial charge in [-0.3, -0.25) is 4.79 Å². The smallest absolute Gasteiger partial charge is 0.326 e. The molecular formula is C11H10F3NO. The van der Waals surface area contributed by atoms with Crippen molar-refractivity contribution in [1.82, 2.24) is 0 Å². The lowest BCUT2D eigenvalue weighted by Gasteiger charge is -2.11. The maximum atomic E-state index is 12.4. The van der Waals surface area contributed by atoms with Crippen LogP contribution in [0.1, 0.15) is 24.0 Å². The van der Waals surface area contributed by atoms with Crippen molar-refractivity contribution in [2.24, 2.45) is 0 Å². The van der Waals surface area contributed by atoms with Crippen molar-refractivity contribution in [3.63, 3.8) is 0 Å². The average Bonchev–Trinajstić information content (AvgIpc) is 2.35. The molecule has 0 unspecified atom stereocenters. The predicted octanol–water partition coefficient (Wildman–Crippen LogP) is 2.98. The highest BCUT2D eigenvalue weighted by molar-refractivity contribution is 5.92. The normalized spacial score (nSPS) is 16.3. The van der Waals surface area contributed by atoms with Crippen molar-refractivity contribution in [3.05, 3.63) is 29.3 Å². The zero-order valence-corrected chi connectivity index (χ0v) is 8.40. The highest BCUT2D eigenvalue weighted by Gasteiger charge is 2.31. The molecule has 0 fully saturated rings. The van der Waals surface area contributed by atoms with Crippen molar-refractivity contribution in [2.45, 2.75) is 25.4 Å². The highest BCUT2D eigenvalue weighted by atomic mass is 19.4. The number of rotatable bonds is 0. The molecule has 16 heavy (non-hydrogen) atoms. The van der Waals surface area contributed by atoms with E-state index in [0.29, 0.717) is 30.5 Å². The molecular weight excluding hydrogens is 219 g/mol. The van der Waals surface area contributed by atoms with Gasteiger partial charge in [-0.1, -0.05) is 0 Å². The Hall–Kier alpha value is -1.52. The number of halogens is 3. The molecule has 5 heteroatoms. The Bertz CT molecular complexity index is 426. The summed E-state index contributed by atoms with van der Waals surface area (Å²) >= 11 is 0. The summed E-state index contributed by atoms with van der Waals surface area (Å²) in [6.45, 7) is 0. The molecule has 0 spiro atoms. The summed E-state index contributed by atoms with van der Waals surface area (Å²) in [5, 5.41) is 2.59. The number of carbonyl (C=O) groups excluding carboxylic acids is 1. The van der Waals surface area contributed by atoms with Gasteiger partial charge in [-0.2, -0.15) is 13.2 Å². The van der Waals surface area contributed by atoms with Crippen molar-refractivity contribution >= 4 is 11.6 Å². The molecule has 1 N–H and O–H groups in total. The van der Waals surface area contributed by atoms with E-state index < -0.39 is 11.7 Å². The fourth-order valence-corrected chi connectivity index (χ4v) is 1.75. The third-order valence-electron chi connectivity index (χ3n) is 2.56. The number of nitrogens with one attached hydrogen (secondary N) is 1. The Morgan fingerprint density at radius 1 is 1.19 bits per heavy atom. The van der Waals surface area contributed by atoms with Gasteiger partial charge in [0.25, 0.3) is 0 Å². The average molecular weight is 229 g/mol. The maximum Gasteiger partial charge on any atom is 0.416 e. The van der Waals surface area contributed by atoms with Crippen LogP contribution in [0, 0.1) is 0 Å². The van der Waals surface area contributed by atoms with Crippen LogP contribution in [0.5, 0.6) is 0 Å². The van der Waals surface area contributed by atoms with Crippen molar-refractivity contribution < 1.29 is 18.0 Å². The van der Waals surface area contributed by atoms with E-state index in [1.807, 2.05) is 0 Å². The number of aryl methyl sites for hydroxylation is 1. The lowest BCUT2D eigenvalue weighted by Crippen LogP contribution is -2.10. The summed E-state index contributed by atoms with van der Waals surface area (Å²) in [5.74, 6) is -0.140. The van der Waals surface area contributed by atoms with E-state index >= 15 is 0 Å². The first kappa shape index (κ1) is 11.0. The molecule has 0 atom stereocenters. The molecule has 2 rings (SSSR count). The number of carbonyl (C=O) groups is 1. The van der Waals surface area contributed by atoms with Gasteiger partial charge in [0, 0.05) is 12.1 Å². The maximum absolute atomic E-state index is 12.4. The second-order valence-electron chi connectivity index (χ2n) is 3.77. The summed E-state index contributed by atoms with van der Waals surface area (Å²) in [5.41, 5.74) is 0.388. The van der Waals surface area contributed by atoms with Crippen molar-refractivity contribution in [1.29, 1.82) is 0 Å². The molecule has 0 saturated heterocycles. The van der Waals surface area contributed by atoms with Gasteiger partial charge in [0.05, 0.1) is 5.56 Å². The number of hydrogen-bond donors (Lipinski definition) is 1. The molecule has 1 aromatic carbocycles. The van der Waals surface area contributed by atoms with Gasteiger partial charge in [0.15, 0.2) is 0 Å². The fourth-order valence-electron chi connectivity index (χ4n) is 1.75. The van der Waals surface area contributed by atoms with Crippen LogP contribution in [-0.2, 0) is 17.4 Å². The minimum Gasteiger partial charge on any atom is -0.326 e. The summed E-state index contributed by atoms with van der Waals surface area (Å²) in [4.78, 5) is 11.2. The highest BCUT2D eigenvalue weighted by Crippen LogP contribution is 2.33. The topological polar surface area (TPSA) is 29.1 Å². The van der Waals surface area contributed by atoms with Crippen molar-refractivity contribution in [3.8, 4) is 0 Å². The molecule has 0 saturated carbocycles. The molecule has 0 radical (unpaired) electrons. The van der Waals surface area contributed by atoms with Crippen molar-refractivity contribution in [2.75, 3.05) is 5.32 Å². The van der Waals surface area contributed by atoms with Crippen LogP contribution in [0.15, 0.2) is 18.2 Å². The van der Waals surface area contributed by atoms with Gasteiger partial charge < -0.3 is 5.32 Å². The Labute approximate surface area is 90.5 Å². The van der Waals surface area contributed by atoms with Gasteiger partial charge in [-0.05, 0) is 36.6 Å². The number of hydrogen-bond acceptors (Lipinski definition) is 1. The second kappa shape index (κ2) is 3.81. The third-order valence-corrected chi connectivity index (χ3v) is 2.56. The standard InChI is InChI=1S/C11H10F3NO/c12-11(13,14)8-4-5-9-7(6-8)2-1-3-10(16)15-9/h4-6H,1-3H2,(H,15,16). The van der Waals surface area contributed by atoms with E-state index in [9.17, 15) is 18.0 Å². The molecule has 2 nitrogen and oxygen atoms in total. The number of fused-ring (bicyclic) bond motifs is 1. The van der Waals surface area contributed by atoms with E-state index in [0.717, 1.165) is 12.1 Å². The van der Waals surface area contributed by atoms with E-state index in [4.69, 9.17) is 0 Å². The van der Waals surface area contributed by atoms with Gasteiger partial charge in [-0.15, -0.1) is 0 Å². The molecule has 1 aromatic rings. The molecule has 1 aliphatic rings. The van der Waals surface area contributed by atoms with E-state index in [-0.39, 0.29) is 5.91 Å². The van der Waals surface area contributed by atoms with Gasteiger partial charge in [0.1, 0.15) is 0 Å².